The van der Waals surface area contributed by atoms with Gasteiger partial charge < -0.3 is 14.2 Å². The van der Waals surface area contributed by atoms with Gasteiger partial charge in [0.15, 0.2) is 5.76 Å². The Kier molecular flexibility index (Phi) is 5.26. The number of carbonyl (C=O) groups excluding carboxylic acids is 1. The van der Waals surface area contributed by atoms with Crippen LogP contribution in [0, 0.1) is 0 Å². The molecule has 152 valence electrons. The number of rotatable bonds is 4. The normalized spacial score (nSPS) is 19.8. The van der Waals surface area contributed by atoms with Crippen LogP contribution >= 0.6 is 0 Å². The minimum Gasteiger partial charge on any atom is -0.442 e. The number of likely N-dealkylation sites (N-methyl/N-ethyl adjacent to an activating group) is 1. The van der Waals surface area contributed by atoms with Gasteiger partial charge in [-0.15, -0.1) is 0 Å². The summed E-state index contributed by atoms with van der Waals surface area (Å²) in [6.45, 7) is 3.67. The van der Waals surface area contributed by atoms with Crippen molar-refractivity contribution in [1.29, 1.82) is 0 Å². The molecular weight excluding hydrogens is 382 g/mol. The number of likely N-dealkylation sites (tertiary alicyclic amines) is 1. The number of nitrogens with one attached hydrogen (secondary N) is 1. The number of amides is 1. The monoisotopic (exact) mass is 407 g/mol. The molecule has 2 fully saturated rings. The SMILES string of the molecule is CN1CCN(S(=O)(=O)c2ccc(-c3[nH]ncc3C(=O)N3CCCCC3)o2)CC1. The van der Waals surface area contributed by atoms with Crippen LogP contribution in [0.25, 0.3) is 11.5 Å². The van der Waals surface area contributed by atoms with E-state index in [9.17, 15) is 13.2 Å². The third-order valence-corrected chi connectivity index (χ3v) is 7.17. The first-order valence-electron chi connectivity index (χ1n) is 9.58. The van der Waals surface area contributed by atoms with Crippen molar-refractivity contribution < 1.29 is 17.6 Å². The zero-order chi connectivity index (χ0) is 19.7. The standard InChI is InChI=1S/C18H25N5O4S/c1-21-9-11-23(12-10-21)28(25,26)16-6-5-15(27-16)17-14(13-19-20-17)18(24)22-7-3-2-4-8-22/h5-6,13H,2-4,7-12H2,1H3,(H,19,20). The first-order chi connectivity index (χ1) is 13.5. The fraction of sp³-hybridized carbons (Fsp3) is 0.556. The van der Waals surface area contributed by atoms with E-state index in [-0.39, 0.29) is 11.0 Å². The highest BCUT2D eigenvalue weighted by Crippen LogP contribution is 2.28. The largest absolute Gasteiger partial charge is 0.442 e. The minimum atomic E-state index is -3.70. The van der Waals surface area contributed by atoms with Gasteiger partial charge in [-0.3, -0.25) is 9.89 Å². The Bertz CT molecular complexity index is 937. The van der Waals surface area contributed by atoms with Crippen molar-refractivity contribution in [2.45, 2.75) is 24.4 Å². The van der Waals surface area contributed by atoms with Crippen LogP contribution in [0.5, 0.6) is 0 Å². The molecule has 2 aromatic rings. The number of sulfonamides is 1. The maximum Gasteiger partial charge on any atom is 0.276 e. The lowest BCUT2D eigenvalue weighted by atomic mass is 10.1. The Balaban J connectivity index is 1.57. The highest BCUT2D eigenvalue weighted by atomic mass is 32.2. The molecule has 0 aromatic carbocycles. The predicted molar refractivity (Wildman–Crippen MR) is 102 cm³/mol. The van der Waals surface area contributed by atoms with E-state index in [0.29, 0.717) is 43.2 Å². The van der Waals surface area contributed by atoms with Crippen LogP contribution in [-0.2, 0) is 10.0 Å². The number of hydrogen-bond donors (Lipinski definition) is 1. The average Bonchev–Trinajstić information content (AvgIpc) is 3.38. The highest BCUT2D eigenvalue weighted by Gasteiger charge is 2.31. The summed E-state index contributed by atoms with van der Waals surface area (Å²) >= 11 is 0. The maximum atomic E-state index is 12.9. The number of hydrogen-bond acceptors (Lipinski definition) is 6. The topological polar surface area (TPSA) is 103 Å². The number of H-pyrrole nitrogens is 1. The summed E-state index contributed by atoms with van der Waals surface area (Å²) in [5.74, 6) is 0.189. The number of nitrogens with zero attached hydrogens (tertiary/aromatic N) is 4. The molecule has 2 aliphatic rings. The molecule has 0 bridgehead atoms. The number of furan rings is 1. The molecule has 2 aromatic heterocycles. The van der Waals surface area contributed by atoms with E-state index in [1.807, 2.05) is 11.9 Å². The van der Waals surface area contributed by atoms with E-state index in [1.54, 1.807) is 6.07 Å². The Hall–Kier alpha value is -2.17. The zero-order valence-electron chi connectivity index (χ0n) is 15.9. The first-order valence-corrected chi connectivity index (χ1v) is 11.0. The van der Waals surface area contributed by atoms with Crippen LogP contribution in [0.2, 0.25) is 0 Å². The molecule has 0 spiro atoms. The second kappa shape index (κ2) is 7.69. The van der Waals surface area contributed by atoms with Gasteiger partial charge in [-0.1, -0.05) is 0 Å². The molecule has 4 heterocycles. The highest BCUT2D eigenvalue weighted by molar-refractivity contribution is 7.89. The van der Waals surface area contributed by atoms with Crippen LogP contribution in [-0.4, -0.2) is 84.9 Å². The van der Waals surface area contributed by atoms with E-state index in [4.69, 9.17) is 4.42 Å². The molecule has 10 heteroatoms. The molecule has 1 N–H and O–H groups in total. The van der Waals surface area contributed by atoms with Gasteiger partial charge in [-0.25, -0.2) is 8.42 Å². The Morgan fingerprint density at radius 2 is 1.79 bits per heavy atom. The van der Waals surface area contributed by atoms with Crippen LogP contribution in [0.3, 0.4) is 0 Å². The molecule has 0 radical (unpaired) electrons. The Morgan fingerprint density at radius 1 is 1.07 bits per heavy atom. The number of piperazine rings is 1. The fourth-order valence-corrected chi connectivity index (χ4v) is 4.99. The van der Waals surface area contributed by atoms with E-state index >= 15 is 0 Å². The summed E-state index contributed by atoms with van der Waals surface area (Å²) in [5.41, 5.74) is 0.815. The van der Waals surface area contributed by atoms with Crippen LogP contribution < -0.4 is 0 Å². The smallest absolute Gasteiger partial charge is 0.276 e. The third-order valence-electron chi connectivity index (χ3n) is 5.40. The first kappa shape index (κ1) is 19.2. The van der Waals surface area contributed by atoms with E-state index in [1.165, 1.54) is 16.6 Å². The van der Waals surface area contributed by atoms with Gasteiger partial charge in [0, 0.05) is 39.3 Å². The van der Waals surface area contributed by atoms with Crippen molar-refractivity contribution in [3.63, 3.8) is 0 Å². The van der Waals surface area contributed by atoms with Gasteiger partial charge in [0.2, 0.25) is 5.09 Å². The summed E-state index contributed by atoms with van der Waals surface area (Å²) in [7, 11) is -1.73. The second-order valence-corrected chi connectivity index (χ2v) is 9.21. The molecule has 9 nitrogen and oxygen atoms in total. The summed E-state index contributed by atoms with van der Waals surface area (Å²) in [6.07, 6.45) is 4.59. The predicted octanol–water partition coefficient (Wildman–Crippen LogP) is 1.23. The number of aromatic amines is 1. The maximum absolute atomic E-state index is 12.9. The molecule has 28 heavy (non-hydrogen) atoms. The number of aromatic nitrogens is 2. The molecule has 0 aliphatic carbocycles. The fourth-order valence-electron chi connectivity index (χ4n) is 3.65. The summed E-state index contributed by atoms with van der Waals surface area (Å²) in [4.78, 5) is 16.7. The summed E-state index contributed by atoms with van der Waals surface area (Å²) < 4.78 is 32.8. The Labute approximate surface area is 164 Å². The molecule has 0 unspecified atom stereocenters. The molecule has 4 rings (SSSR count). The van der Waals surface area contributed by atoms with Crippen molar-refractivity contribution in [2.24, 2.45) is 0 Å². The molecule has 0 saturated carbocycles. The molecule has 2 aliphatic heterocycles. The van der Waals surface area contributed by atoms with Gasteiger partial charge in [0.1, 0.15) is 5.69 Å². The summed E-state index contributed by atoms with van der Waals surface area (Å²) in [5, 5.41) is 6.66. The molecule has 0 atom stereocenters. The molecule has 1 amide bonds. The van der Waals surface area contributed by atoms with Gasteiger partial charge in [0.05, 0.1) is 11.8 Å². The van der Waals surface area contributed by atoms with E-state index in [0.717, 1.165) is 32.4 Å². The van der Waals surface area contributed by atoms with E-state index in [2.05, 4.69) is 15.1 Å². The number of piperidine rings is 1. The van der Waals surface area contributed by atoms with Crippen molar-refractivity contribution >= 4 is 15.9 Å². The zero-order valence-corrected chi connectivity index (χ0v) is 16.7. The second-order valence-electron chi connectivity index (χ2n) is 7.34. The van der Waals surface area contributed by atoms with Crippen LogP contribution in [0.15, 0.2) is 27.8 Å². The lowest BCUT2D eigenvalue weighted by Gasteiger charge is -2.30. The lowest BCUT2D eigenvalue weighted by Crippen LogP contribution is -2.46. The van der Waals surface area contributed by atoms with Gasteiger partial charge in [0.25, 0.3) is 15.9 Å². The summed E-state index contributed by atoms with van der Waals surface area (Å²) in [6, 6.07) is 3.02. The average molecular weight is 407 g/mol. The lowest BCUT2D eigenvalue weighted by molar-refractivity contribution is 0.0725. The van der Waals surface area contributed by atoms with Gasteiger partial charge in [-0.05, 0) is 38.4 Å². The minimum absolute atomic E-state index is 0.108. The van der Waals surface area contributed by atoms with Crippen molar-refractivity contribution in [3.8, 4) is 11.5 Å². The molecule has 2 saturated heterocycles. The Morgan fingerprint density at radius 3 is 2.50 bits per heavy atom. The number of carbonyl (C=O) groups is 1. The van der Waals surface area contributed by atoms with Gasteiger partial charge >= 0.3 is 0 Å². The van der Waals surface area contributed by atoms with Crippen molar-refractivity contribution in [1.82, 2.24) is 24.3 Å². The van der Waals surface area contributed by atoms with Crippen molar-refractivity contribution in [2.75, 3.05) is 46.3 Å². The molecular formula is C18H25N5O4S. The van der Waals surface area contributed by atoms with Crippen LogP contribution in [0.1, 0.15) is 29.6 Å². The van der Waals surface area contributed by atoms with Crippen molar-refractivity contribution in [3.05, 3.63) is 23.9 Å². The third kappa shape index (κ3) is 3.59. The van der Waals surface area contributed by atoms with Gasteiger partial charge in [-0.2, -0.15) is 9.40 Å². The van der Waals surface area contributed by atoms with Crippen LogP contribution in [0.4, 0.5) is 0 Å². The quantitative estimate of drug-likeness (QED) is 0.818. The van der Waals surface area contributed by atoms with E-state index < -0.39 is 10.0 Å².